The summed E-state index contributed by atoms with van der Waals surface area (Å²) in [6.07, 6.45) is 5.05. The highest BCUT2D eigenvalue weighted by Crippen LogP contribution is 2.24. The number of hydrogen-bond donors (Lipinski definition) is 0. The number of imidazole rings is 1. The molecular formula is C25H23N9O2. The van der Waals surface area contributed by atoms with E-state index in [0.717, 1.165) is 17.1 Å². The Hall–Kier alpha value is -4.51. The molecule has 1 saturated heterocycles. The fourth-order valence-electron chi connectivity index (χ4n) is 4.13. The zero-order chi connectivity index (χ0) is 24.5. The predicted octanol–water partition coefficient (Wildman–Crippen LogP) is 2.50. The Kier molecular flexibility index (Phi) is 5.66. The number of pyridine rings is 2. The maximum absolute atomic E-state index is 12.9. The Bertz CT molecular complexity index is 1540. The minimum Gasteiger partial charge on any atom is -0.378 e. The SMILES string of the molecule is Cc1cccc(-c2ccn(-c3nc(N4CCOCC4)nc4c3ncn4CC(=O)c3ccccn3)n2)n1. The fraction of sp³-hybridized carbons (Fsp3) is 0.240. The monoisotopic (exact) mass is 481 g/mol. The van der Waals surface area contributed by atoms with E-state index in [-0.39, 0.29) is 12.3 Å². The van der Waals surface area contributed by atoms with Crippen molar-refractivity contribution in [2.45, 2.75) is 13.5 Å². The highest BCUT2D eigenvalue weighted by molar-refractivity contribution is 5.95. The predicted molar refractivity (Wildman–Crippen MR) is 132 cm³/mol. The van der Waals surface area contributed by atoms with Crippen LogP contribution in [-0.2, 0) is 11.3 Å². The van der Waals surface area contributed by atoms with Crippen molar-refractivity contribution in [3.8, 4) is 17.2 Å². The molecule has 0 spiro atoms. The molecule has 0 N–H and O–H groups in total. The molecule has 5 aromatic rings. The molecule has 0 radical (unpaired) electrons. The number of ketones is 1. The quantitative estimate of drug-likeness (QED) is 0.337. The fourth-order valence-corrected chi connectivity index (χ4v) is 4.13. The summed E-state index contributed by atoms with van der Waals surface area (Å²) in [7, 11) is 0. The number of rotatable bonds is 6. The molecule has 11 nitrogen and oxygen atoms in total. The molecule has 36 heavy (non-hydrogen) atoms. The van der Waals surface area contributed by atoms with Crippen LogP contribution in [0.4, 0.5) is 5.95 Å². The largest absolute Gasteiger partial charge is 0.378 e. The van der Waals surface area contributed by atoms with Crippen molar-refractivity contribution in [3.63, 3.8) is 0 Å². The summed E-state index contributed by atoms with van der Waals surface area (Å²) >= 11 is 0. The Morgan fingerprint density at radius 2 is 1.86 bits per heavy atom. The third kappa shape index (κ3) is 4.20. The number of fused-ring (bicyclic) bond motifs is 1. The molecule has 0 amide bonds. The van der Waals surface area contributed by atoms with Gasteiger partial charge in [0.25, 0.3) is 0 Å². The molecule has 6 rings (SSSR count). The van der Waals surface area contributed by atoms with Gasteiger partial charge in [0.15, 0.2) is 17.0 Å². The zero-order valence-electron chi connectivity index (χ0n) is 19.7. The molecule has 180 valence electrons. The smallest absolute Gasteiger partial charge is 0.229 e. The standard InChI is InChI=1S/C25H23N9O2/c1-17-5-4-7-18(28-17)19-8-10-34(31-19)24-22-23(29-25(30-24)32-11-13-36-14-12-32)33(16-27-22)15-21(35)20-6-2-3-9-26-20/h2-10,16H,11-15H2,1H3. The van der Waals surface area contributed by atoms with Gasteiger partial charge in [-0.05, 0) is 37.3 Å². The van der Waals surface area contributed by atoms with Crippen molar-refractivity contribution in [3.05, 3.63) is 72.6 Å². The minimum absolute atomic E-state index is 0.0596. The van der Waals surface area contributed by atoms with Crippen molar-refractivity contribution in [2.24, 2.45) is 0 Å². The summed E-state index contributed by atoms with van der Waals surface area (Å²) in [4.78, 5) is 37.9. The summed E-state index contributed by atoms with van der Waals surface area (Å²) in [5.41, 5.74) is 3.91. The van der Waals surface area contributed by atoms with E-state index < -0.39 is 0 Å². The highest BCUT2D eigenvalue weighted by Gasteiger charge is 2.22. The van der Waals surface area contributed by atoms with E-state index >= 15 is 0 Å². The lowest BCUT2D eigenvalue weighted by Crippen LogP contribution is -2.37. The van der Waals surface area contributed by atoms with Crippen molar-refractivity contribution < 1.29 is 9.53 Å². The topological polar surface area (TPSA) is 117 Å². The van der Waals surface area contributed by atoms with E-state index in [1.165, 1.54) is 0 Å². The van der Waals surface area contributed by atoms with Crippen LogP contribution in [0.25, 0.3) is 28.4 Å². The molecular weight excluding hydrogens is 458 g/mol. The molecule has 5 aromatic heterocycles. The number of Topliss-reactive ketones (excluding diaryl/α,β-unsaturated/α-hetero) is 1. The second-order valence-electron chi connectivity index (χ2n) is 8.44. The Labute approximate surface area is 206 Å². The van der Waals surface area contributed by atoms with Gasteiger partial charge in [0, 0.05) is 31.2 Å². The van der Waals surface area contributed by atoms with Gasteiger partial charge in [-0.15, -0.1) is 0 Å². The molecule has 6 heterocycles. The van der Waals surface area contributed by atoms with Gasteiger partial charge in [-0.1, -0.05) is 12.1 Å². The summed E-state index contributed by atoms with van der Waals surface area (Å²) in [6.45, 7) is 4.54. The first-order valence-corrected chi connectivity index (χ1v) is 11.7. The molecule has 0 atom stereocenters. The maximum atomic E-state index is 12.9. The molecule has 1 aliphatic rings. The van der Waals surface area contributed by atoms with E-state index in [9.17, 15) is 4.79 Å². The van der Waals surface area contributed by atoms with Gasteiger partial charge in [0.2, 0.25) is 11.7 Å². The van der Waals surface area contributed by atoms with Crippen LogP contribution >= 0.6 is 0 Å². The van der Waals surface area contributed by atoms with Crippen LogP contribution in [0.2, 0.25) is 0 Å². The molecule has 0 bridgehead atoms. The van der Waals surface area contributed by atoms with Gasteiger partial charge in [-0.3, -0.25) is 14.8 Å². The molecule has 0 unspecified atom stereocenters. The molecule has 1 aliphatic heterocycles. The third-order valence-corrected chi connectivity index (χ3v) is 5.95. The summed E-state index contributed by atoms with van der Waals surface area (Å²) in [5.74, 6) is 0.942. The highest BCUT2D eigenvalue weighted by atomic mass is 16.5. The Morgan fingerprint density at radius 3 is 2.67 bits per heavy atom. The lowest BCUT2D eigenvalue weighted by molar-refractivity contribution is 0.0968. The summed E-state index contributed by atoms with van der Waals surface area (Å²) < 4.78 is 8.92. The molecule has 1 fully saturated rings. The lowest BCUT2D eigenvalue weighted by atomic mass is 10.2. The van der Waals surface area contributed by atoms with E-state index in [1.807, 2.05) is 37.4 Å². The first-order chi connectivity index (χ1) is 17.7. The van der Waals surface area contributed by atoms with Crippen molar-refractivity contribution in [2.75, 3.05) is 31.2 Å². The van der Waals surface area contributed by atoms with Crippen molar-refractivity contribution in [1.82, 2.24) is 39.3 Å². The van der Waals surface area contributed by atoms with Crippen LogP contribution in [0, 0.1) is 6.92 Å². The number of morpholine rings is 1. The van der Waals surface area contributed by atoms with Gasteiger partial charge in [0.05, 0.1) is 31.8 Å². The second kappa shape index (κ2) is 9.27. The average Bonchev–Trinajstić information content (AvgIpc) is 3.57. The van der Waals surface area contributed by atoms with Crippen LogP contribution in [-0.4, -0.2) is 71.4 Å². The first-order valence-electron chi connectivity index (χ1n) is 11.7. The van der Waals surface area contributed by atoms with Gasteiger partial charge >= 0.3 is 0 Å². The van der Waals surface area contributed by atoms with Crippen molar-refractivity contribution >= 4 is 22.9 Å². The second-order valence-corrected chi connectivity index (χ2v) is 8.44. The normalized spacial score (nSPS) is 13.9. The van der Waals surface area contributed by atoms with E-state index in [0.29, 0.717) is 54.9 Å². The molecule has 11 heteroatoms. The van der Waals surface area contributed by atoms with Crippen LogP contribution in [0.1, 0.15) is 16.2 Å². The van der Waals surface area contributed by atoms with Crippen LogP contribution < -0.4 is 4.90 Å². The number of nitrogens with zero attached hydrogens (tertiary/aromatic N) is 9. The van der Waals surface area contributed by atoms with Gasteiger partial charge < -0.3 is 14.2 Å². The Balaban J connectivity index is 1.43. The van der Waals surface area contributed by atoms with Crippen LogP contribution in [0.5, 0.6) is 0 Å². The maximum Gasteiger partial charge on any atom is 0.229 e. The number of aryl methyl sites for hydroxylation is 1. The Morgan fingerprint density at radius 1 is 0.972 bits per heavy atom. The van der Waals surface area contributed by atoms with E-state index in [1.54, 1.807) is 40.0 Å². The number of carbonyl (C=O) groups is 1. The number of anilines is 1. The van der Waals surface area contributed by atoms with E-state index in [2.05, 4.69) is 19.9 Å². The number of aromatic nitrogens is 8. The van der Waals surface area contributed by atoms with E-state index in [4.69, 9.17) is 19.8 Å². The van der Waals surface area contributed by atoms with Gasteiger partial charge in [-0.25, -0.2) is 9.67 Å². The molecule has 0 saturated carbocycles. The van der Waals surface area contributed by atoms with Gasteiger partial charge in [-0.2, -0.15) is 15.1 Å². The van der Waals surface area contributed by atoms with Gasteiger partial charge in [0.1, 0.15) is 11.4 Å². The average molecular weight is 482 g/mol. The van der Waals surface area contributed by atoms with Crippen LogP contribution in [0.3, 0.4) is 0 Å². The first kappa shape index (κ1) is 22.0. The zero-order valence-corrected chi connectivity index (χ0v) is 19.7. The molecule has 0 aliphatic carbocycles. The lowest BCUT2D eigenvalue weighted by Gasteiger charge is -2.27. The third-order valence-electron chi connectivity index (χ3n) is 5.95. The number of carbonyl (C=O) groups excluding carboxylic acids is 1. The summed E-state index contributed by atoms with van der Waals surface area (Å²) in [5, 5.41) is 4.74. The molecule has 0 aromatic carbocycles. The minimum atomic E-state index is -0.130. The summed E-state index contributed by atoms with van der Waals surface area (Å²) in [6, 6.07) is 13.0. The van der Waals surface area contributed by atoms with Crippen molar-refractivity contribution in [1.29, 1.82) is 0 Å². The van der Waals surface area contributed by atoms with Crippen LogP contribution in [0.15, 0.2) is 61.2 Å². The number of ether oxygens (including phenoxy) is 1. The number of hydrogen-bond acceptors (Lipinski definition) is 9.